The maximum Gasteiger partial charge on any atom is 0.267 e. The van der Waals surface area contributed by atoms with E-state index >= 15 is 0 Å². The van der Waals surface area contributed by atoms with E-state index in [0.717, 1.165) is 36.8 Å². The molecule has 162 valence electrons. The van der Waals surface area contributed by atoms with Gasteiger partial charge in [0.25, 0.3) is 5.91 Å². The van der Waals surface area contributed by atoms with Crippen LogP contribution in [0, 0.1) is 0 Å². The molecule has 1 aliphatic carbocycles. The van der Waals surface area contributed by atoms with Gasteiger partial charge in [-0.2, -0.15) is 0 Å². The second-order valence-electron chi connectivity index (χ2n) is 8.05. The number of amides is 1. The van der Waals surface area contributed by atoms with Crippen molar-refractivity contribution in [2.24, 2.45) is 11.5 Å². The SMILES string of the molecule is CS(=O)(=O)c1cnc2ccc(-c3ccc(C(N)=O)nc3)cc2c1NC1CCC(N)CC1. The molecule has 5 N–H and O–H groups in total. The molecule has 0 saturated heterocycles. The third kappa shape index (κ3) is 4.52. The number of primary amides is 1. The number of benzene rings is 1. The molecule has 2 aromatic heterocycles. The largest absolute Gasteiger partial charge is 0.381 e. The molecule has 0 bridgehead atoms. The van der Waals surface area contributed by atoms with Crippen LogP contribution >= 0.6 is 0 Å². The highest BCUT2D eigenvalue weighted by Crippen LogP contribution is 2.34. The number of sulfone groups is 1. The molecule has 9 heteroatoms. The van der Waals surface area contributed by atoms with E-state index in [1.807, 2.05) is 18.2 Å². The number of hydrogen-bond acceptors (Lipinski definition) is 7. The number of carbonyl (C=O) groups is 1. The number of nitrogens with two attached hydrogens (primary N) is 2. The summed E-state index contributed by atoms with van der Waals surface area (Å²) in [6.07, 6.45) is 7.74. The first-order valence-corrected chi connectivity index (χ1v) is 12.0. The van der Waals surface area contributed by atoms with Crippen LogP contribution < -0.4 is 16.8 Å². The molecule has 1 aromatic carbocycles. The van der Waals surface area contributed by atoms with Crippen LogP contribution in [-0.2, 0) is 9.84 Å². The fourth-order valence-electron chi connectivity index (χ4n) is 3.96. The summed E-state index contributed by atoms with van der Waals surface area (Å²) in [5.41, 5.74) is 14.3. The number of nitrogens with zero attached hydrogens (tertiary/aromatic N) is 2. The van der Waals surface area contributed by atoms with Gasteiger partial charge in [0.1, 0.15) is 10.6 Å². The molecule has 8 nitrogen and oxygen atoms in total. The Morgan fingerprint density at radius 2 is 1.74 bits per heavy atom. The summed E-state index contributed by atoms with van der Waals surface area (Å²) in [6.45, 7) is 0. The van der Waals surface area contributed by atoms with E-state index in [1.54, 1.807) is 18.3 Å². The summed E-state index contributed by atoms with van der Waals surface area (Å²) in [5, 5.41) is 4.19. The quantitative estimate of drug-likeness (QED) is 0.554. The molecule has 0 unspecified atom stereocenters. The Bertz CT molecular complexity index is 1230. The van der Waals surface area contributed by atoms with Crippen molar-refractivity contribution in [2.45, 2.75) is 42.7 Å². The normalized spacial score (nSPS) is 19.3. The molecule has 2 heterocycles. The summed E-state index contributed by atoms with van der Waals surface area (Å²) in [4.78, 5) is 19.9. The van der Waals surface area contributed by atoms with Crippen molar-refractivity contribution in [1.29, 1.82) is 0 Å². The molecule has 31 heavy (non-hydrogen) atoms. The molecular weight excluding hydrogens is 414 g/mol. The van der Waals surface area contributed by atoms with Crippen LogP contribution in [-0.4, -0.2) is 42.6 Å². The minimum absolute atomic E-state index is 0.145. The summed E-state index contributed by atoms with van der Waals surface area (Å²) in [6, 6.07) is 9.31. The van der Waals surface area contributed by atoms with Gasteiger partial charge in [0.05, 0.1) is 11.2 Å². The molecule has 0 aliphatic heterocycles. The van der Waals surface area contributed by atoms with E-state index in [2.05, 4.69) is 15.3 Å². The van der Waals surface area contributed by atoms with Crippen LogP contribution in [0.2, 0.25) is 0 Å². The highest BCUT2D eigenvalue weighted by atomic mass is 32.2. The number of carbonyl (C=O) groups excluding carboxylic acids is 1. The summed E-state index contributed by atoms with van der Waals surface area (Å²) in [7, 11) is -3.49. The molecular formula is C22H25N5O3S. The monoisotopic (exact) mass is 439 g/mol. The first-order chi connectivity index (χ1) is 14.7. The van der Waals surface area contributed by atoms with E-state index in [4.69, 9.17) is 11.5 Å². The fourth-order valence-corrected chi connectivity index (χ4v) is 4.75. The van der Waals surface area contributed by atoms with Crippen LogP contribution in [0.15, 0.2) is 47.6 Å². The topological polar surface area (TPSA) is 141 Å². The Labute approximate surface area is 181 Å². The van der Waals surface area contributed by atoms with E-state index in [9.17, 15) is 13.2 Å². The first-order valence-electron chi connectivity index (χ1n) is 10.1. The van der Waals surface area contributed by atoms with E-state index < -0.39 is 15.7 Å². The molecule has 0 atom stereocenters. The van der Waals surface area contributed by atoms with E-state index in [1.165, 1.54) is 12.5 Å². The van der Waals surface area contributed by atoms with Gasteiger partial charge in [-0.1, -0.05) is 12.1 Å². The Kier molecular flexibility index (Phi) is 5.63. The van der Waals surface area contributed by atoms with Gasteiger partial charge in [0.15, 0.2) is 9.84 Å². The predicted octanol–water partition coefficient (Wildman–Crippen LogP) is 2.48. The Balaban J connectivity index is 1.81. The Morgan fingerprint density at radius 3 is 2.35 bits per heavy atom. The number of aromatic nitrogens is 2. The van der Waals surface area contributed by atoms with Crippen LogP contribution in [0.1, 0.15) is 36.2 Å². The number of rotatable bonds is 5. The van der Waals surface area contributed by atoms with Crippen molar-refractivity contribution in [3.8, 4) is 11.1 Å². The molecule has 4 rings (SSSR count). The lowest BCUT2D eigenvalue weighted by Crippen LogP contribution is -2.33. The highest BCUT2D eigenvalue weighted by molar-refractivity contribution is 7.90. The van der Waals surface area contributed by atoms with Crippen molar-refractivity contribution < 1.29 is 13.2 Å². The molecule has 1 saturated carbocycles. The number of fused-ring (bicyclic) bond motifs is 1. The van der Waals surface area contributed by atoms with Crippen molar-refractivity contribution in [1.82, 2.24) is 9.97 Å². The van der Waals surface area contributed by atoms with Crippen LogP contribution in [0.5, 0.6) is 0 Å². The molecule has 0 radical (unpaired) electrons. The van der Waals surface area contributed by atoms with Gasteiger partial charge in [-0.15, -0.1) is 0 Å². The van der Waals surface area contributed by atoms with Crippen molar-refractivity contribution >= 4 is 32.3 Å². The average molecular weight is 440 g/mol. The summed E-state index contributed by atoms with van der Waals surface area (Å²) < 4.78 is 25.0. The van der Waals surface area contributed by atoms with Gasteiger partial charge in [-0.25, -0.2) is 8.42 Å². The molecule has 1 amide bonds. The van der Waals surface area contributed by atoms with Gasteiger partial charge >= 0.3 is 0 Å². The zero-order valence-corrected chi connectivity index (χ0v) is 18.0. The van der Waals surface area contributed by atoms with Gasteiger partial charge < -0.3 is 16.8 Å². The maximum atomic E-state index is 12.5. The Hall–Kier alpha value is -3.04. The minimum Gasteiger partial charge on any atom is -0.381 e. The second-order valence-corrected chi connectivity index (χ2v) is 10.0. The zero-order chi connectivity index (χ0) is 22.2. The van der Waals surface area contributed by atoms with E-state index in [-0.39, 0.29) is 22.7 Å². The zero-order valence-electron chi connectivity index (χ0n) is 17.2. The third-order valence-corrected chi connectivity index (χ3v) is 6.81. The van der Waals surface area contributed by atoms with Crippen LogP contribution in [0.3, 0.4) is 0 Å². The lowest BCUT2D eigenvalue weighted by molar-refractivity contribution is 0.0995. The van der Waals surface area contributed by atoms with Gasteiger partial charge in [-0.3, -0.25) is 14.8 Å². The summed E-state index contributed by atoms with van der Waals surface area (Å²) >= 11 is 0. The van der Waals surface area contributed by atoms with Crippen LogP contribution in [0.4, 0.5) is 5.69 Å². The van der Waals surface area contributed by atoms with Crippen LogP contribution in [0.25, 0.3) is 22.0 Å². The maximum absolute atomic E-state index is 12.5. The fraction of sp³-hybridized carbons (Fsp3) is 0.318. The molecule has 0 spiro atoms. The number of pyridine rings is 2. The highest BCUT2D eigenvalue weighted by Gasteiger charge is 2.23. The number of hydrogen-bond donors (Lipinski definition) is 3. The smallest absolute Gasteiger partial charge is 0.267 e. The summed E-state index contributed by atoms with van der Waals surface area (Å²) in [5.74, 6) is -0.592. The second kappa shape index (κ2) is 8.24. The molecule has 1 aliphatic rings. The Morgan fingerprint density at radius 1 is 1.03 bits per heavy atom. The lowest BCUT2D eigenvalue weighted by atomic mass is 9.91. The van der Waals surface area contributed by atoms with E-state index in [0.29, 0.717) is 16.6 Å². The number of nitrogens with one attached hydrogen (secondary N) is 1. The lowest BCUT2D eigenvalue weighted by Gasteiger charge is -2.28. The van der Waals surface area contributed by atoms with Gasteiger partial charge in [-0.05, 0) is 49.4 Å². The van der Waals surface area contributed by atoms with Gasteiger partial charge in [0, 0.05) is 41.7 Å². The average Bonchev–Trinajstić information content (AvgIpc) is 2.74. The minimum atomic E-state index is -3.49. The van der Waals surface area contributed by atoms with Crippen molar-refractivity contribution in [3.63, 3.8) is 0 Å². The van der Waals surface area contributed by atoms with Crippen molar-refractivity contribution in [2.75, 3.05) is 11.6 Å². The molecule has 3 aromatic rings. The van der Waals surface area contributed by atoms with Gasteiger partial charge in [0.2, 0.25) is 0 Å². The third-order valence-electron chi connectivity index (χ3n) is 5.70. The first kappa shape index (κ1) is 21.2. The predicted molar refractivity (Wildman–Crippen MR) is 120 cm³/mol. The standard InChI is InChI=1S/C22H25N5O3S/c1-31(29,30)20-12-26-18-8-2-13(14-3-9-19(22(24)28)25-11-14)10-17(18)21(20)27-16-6-4-15(23)5-7-16/h2-3,8-12,15-16H,4-7,23H2,1H3,(H2,24,28)(H,26,27). The van der Waals surface area contributed by atoms with Crippen molar-refractivity contribution in [3.05, 3.63) is 48.4 Å². The number of anilines is 1. The molecule has 1 fully saturated rings.